The first kappa shape index (κ1) is 24.0. The number of carbonyl (C=O) groups excluding carboxylic acids is 2. The van der Waals surface area contributed by atoms with Gasteiger partial charge >= 0.3 is 0 Å². The smallest absolute Gasteiger partial charge is 0.245 e. The molecule has 4 rings (SSSR count). The molecule has 0 bridgehead atoms. The fourth-order valence-corrected chi connectivity index (χ4v) is 3.87. The minimum absolute atomic E-state index is 0.0386. The Bertz CT molecular complexity index is 1280. The van der Waals surface area contributed by atoms with E-state index < -0.39 is 0 Å². The maximum Gasteiger partial charge on any atom is 0.245 e. The van der Waals surface area contributed by atoms with Crippen LogP contribution in [0.1, 0.15) is 25.0 Å². The lowest BCUT2D eigenvalue weighted by Crippen LogP contribution is -2.43. The monoisotopic (exact) mass is 466 g/mol. The minimum atomic E-state index is -0.270. The maximum atomic E-state index is 13.1. The van der Waals surface area contributed by atoms with Crippen LogP contribution in [0.3, 0.4) is 0 Å². The molecular weight excluding hydrogens is 436 g/mol. The lowest BCUT2D eigenvalue weighted by Gasteiger charge is -2.26. The second kappa shape index (κ2) is 10.8. The molecule has 6 nitrogen and oxygen atoms in total. The van der Waals surface area contributed by atoms with E-state index in [2.05, 4.69) is 5.32 Å². The van der Waals surface area contributed by atoms with Crippen molar-refractivity contribution in [3.63, 3.8) is 0 Å². The molecule has 0 saturated carbocycles. The van der Waals surface area contributed by atoms with Gasteiger partial charge in [-0.15, -0.1) is 0 Å². The highest BCUT2D eigenvalue weighted by Gasteiger charge is 2.22. The molecule has 0 fully saturated rings. The van der Waals surface area contributed by atoms with E-state index in [0.717, 1.165) is 28.1 Å². The average Bonchev–Trinajstić information content (AvgIpc) is 3.27. The molecule has 6 heteroatoms. The molecule has 0 atom stereocenters. The number of amides is 2. The average molecular weight is 467 g/mol. The molecule has 1 N–H and O–H groups in total. The highest BCUT2D eigenvalue weighted by molar-refractivity contribution is 5.95. The van der Waals surface area contributed by atoms with Crippen molar-refractivity contribution in [1.82, 2.24) is 14.7 Å². The van der Waals surface area contributed by atoms with E-state index in [9.17, 15) is 9.59 Å². The van der Waals surface area contributed by atoms with Gasteiger partial charge in [0.25, 0.3) is 0 Å². The van der Waals surface area contributed by atoms with E-state index in [-0.39, 0.29) is 30.8 Å². The molecule has 3 aromatic carbocycles. The molecule has 0 aliphatic heterocycles. The molecule has 0 aliphatic carbocycles. The van der Waals surface area contributed by atoms with Crippen molar-refractivity contribution in [3.8, 4) is 16.9 Å². The maximum absolute atomic E-state index is 13.1. The molecule has 0 aliphatic rings. The number of hydrogen-bond donors (Lipinski definition) is 1. The topological polar surface area (TPSA) is 67.2 Å². The van der Waals surface area contributed by atoms with E-state index in [4.69, 9.17) is 5.10 Å². The fraction of sp³-hybridized carbons (Fsp3) is 0.207. The first-order valence-corrected chi connectivity index (χ1v) is 11.8. The van der Waals surface area contributed by atoms with Gasteiger partial charge in [0.2, 0.25) is 11.8 Å². The second-order valence-electron chi connectivity index (χ2n) is 8.85. The van der Waals surface area contributed by atoms with Crippen LogP contribution in [0.25, 0.3) is 16.9 Å². The number of aryl methyl sites for hydroxylation is 1. The van der Waals surface area contributed by atoms with Crippen molar-refractivity contribution in [1.29, 1.82) is 0 Å². The van der Waals surface area contributed by atoms with Crippen molar-refractivity contribution < 1.29 is 9.59 Å². The molecule has 1 aromatic heterocycles. The predicted octanol–water partition coefficient (Wildman–Crippen LogP) is 5.27. The molecule has 4 aromatic rings. The standard InChI is InChI=1S/C29H30N4O2/c1-21(2)32(29(35)18-23-10-6-4-7-11-23)20-28(34)30-27-19-26(24-12-8-5-9-13-24)31-33(27)25-16-14-22(3)15-17-25/h4-17,19,21H,18,20H2,1-3H3,(H,30,34). The van der Waals surface area contributed by atoms with E-state index in [0.29, 0.717) is 5.82 Å². The van der Waals surface area contributed by atoms with Gasteiger partial charge in [0.15, 0.2) is 0 Å². The van der Waals surface area contributed by atoms with Gasteiger partial charge in [-0.1, -0.05) is 78.4 Å². The molecule has 0 saturated heterocycles. The first-order chi connectivity index (χ1) is 16.9. The van der Waals surface area contributed by atoms with Crippen LogP contribution >= 0.6 is 0 Å². The third-order valence-electron chi connectivity index (χ3n) is 5.78. The van der Waals surface area contributed by atoms with Gasteiger partial charge in [-0.3, -0.25) is 9.59 Å². The van der Waals surface area contributed by atoms with Crippen LogP contribution in [0.15, 0.2) is 91.0 Å². The quantitative estimate of drug-likeness (QED) is 0.385. The third kappa shape index (κ3) is 6.03. The summed E-state index contributed by atoms with van der Waals surface area (Å²) in [6, 6.07) is 29.1. The van der Waals surface area contributed by atoms with Crippen molar-refractivity contribution in [2.24, 2.45) is 0 Å². The Hall–Kier alpha value is -4.19. The van der Waals surface area contributed by atoms with Gasteiger partial charge in [0.05, 0.1) is 17.8 Å². The van der Waals surface area contributed by atoms with Gasteiger partial charge in [0.1, 0.15) is 12.4 Å². The van der Waals surface area contributed by atoms with Gasteiger partial charge in [-0.2, -0.15) is 5.10 Å². The zero-order valence-electron chi connectivity index (χ0n) is 20.3. The predicted molar refractivity (Wildman–Crippen MR) is 139 cm³/mol. The Morgan fingerprint density at radius 3 is 2.17 bits per heavy atom. The molecule has 0 spiro atoms. The summed E-state index contributed by atoms with van der Waals surface area (Å²) in [6.45, 7) is 5.82. The zero-order valence-corrected chi connectivity index (χ0v) is 20.3. The molecule has 0 radical (unpaired) electrons. The summed E-state index contributed by atoms with van der Waals surface area (Å²) in [7, 11) is 0. The molecular formula is C29H30N4O2. The number of hydrogen-bond acceptors (Lipinski definition) is 3. The summed E-state index contributed by atoms with van der Waals surface area (Å²) in [6.07, 6.45) is 0.256. The van der Waals surface area contributed by atoms with E-state index >= 15 is 0 Å². The molecule has 1 heterocycles. The lowest BCUT2D eigenvalue weighted by molar-refractivity contribution is -0.135. The highest BCUT2D eigenvalue weighted by Crippen LogP contribution is 2.25. The number of rotatable bonds is 8. The lowest BCUT2D eigenvalue weighted by atomic mass is 10.1. The van der Waals surface area contributed by atoms with Gasteiger partial charge < -0.3 is 10.2 Å². The van der Waals surface area contributed by atoms with Crippen LogP contribution in [0.2, 0.25) is 0 Å². The third-order valence-corrected chi connectivity index (χ3v) is 5.78. The van der Waals surface area contributed by atoms with Gasteiger partial charge in [0, 0.05) is 17.7 Å². The van der Waals surface area contributed by atoms with Crippen LogP contribution in [0.4, 0.5) is 5.82 Å². The Balaban J connectivity index is 1.56. The van der Waals surface area contributed by atoms with Gasteiger partial charge in [-0.05, 0) is 38.5 Å². The summed E-state index contributed by atoms with van der Waals surface area (Å²) in [5.74, 6) is 0.197. The number of aromatic nitrogens is 2. The van der Waals surface area contributed by atoms with Crippen molar-refractivity contribution in [2.45, 2.75) is 33.2 Å². The first-order valence-electron chi connectivity index (χ1n) is 11.8. The second-order valence-corrected chi connectivity index (χ2v) is 8.85. The number of carbonyl (C=O) groups is 2. The molecule has 0 unspecified atom stereocenters. The van der Waals surface area contributed by atoms with Crippen LogP contribution in [-0.4, -0.2) is 39.1 Å². The van der Waals surface area contributed by atoms with Gasteiger partial charge in [-0.25, -0.2) is 4.68 Å². The van der Waals surface area contributed by atoms with Crippen LogP contribution in [0, 0.1) is 6.92 Å². The normalized spacial score (nSPS) is 10.9. The highest BCUT2D eigenvalue weighted by atomic mass is 16.2. The number of nitrogens with zero attached hydrogens (tertiary/aromatic N) is 3. The largest absolute Gasteiger partial charge is 0.331 e. The van der Waals surface area contributed by atoms with E-state index in [1.165, 1.54) is 0 Å². The summed E-state index contributed by atoms with van der Waals surface area (Å²) in [5.41, 5.74) is 4.61. The molecule has 2 amide bonds. The van der Waals surface area contributed by atoms with Crippen LogP contribution in [0.5, 0.6) is 0 Å². The summed E-state index contributed by atoms with van der Waals surface area (Å²) in [5, 5.41) is 7.75. The fourth-order valence-electron chi connectivity index (χ4n) is 3.87. The minimum Gasteiger partial charge on any atom is -0.331 e. The van der Waals surface area contributed by atoms with Crippen LogP contribution < -0.4 is 5.32 Å². The Morgan fingerprint density at radius 2 is 1.54 bits per heavy atom. The Labute approximate surface area is 206 Å². The van der Waals surface area contributed by atoms with Crippen molar-refractivity contribution in [3.05, 3.63) is 102 Å². The summed E-state index contributed by atoms with van der Waals surface area (Å²) >= 11 is 0. The molecule has 178 valence electrons. The van der Waals surface area contributed by atoms with E-state index in [1.807, 2.05) is 112 Å². The number of anilines is 1. The number of benzene rings is 3. The SMILES string of the molecule is Cc1ccc(-n2nc(-c3ccccc3)cc2NC(=O)CN(C(=O)Cc2ccccc2)C(C)C)cc1. The Morgan fingerprint density at radius 1 is 0.914 bits per heavy atom. The van der Waals surface area contributed by atoms with Crippen molar-refractivity contribution >= 4 is 17.6 Å². The molecule has 35 heavy (non-hydrogen) atoms. The summed E-state index contributed by atoms with van der Waals surface area (Å²) < 4.78 is 1.73. The summed E-state index contributed by atoms with van der Waals surface area (Å²) in [4.78, 5) is 27.7. The van der Waals surface area contributed by atoms with Crippen LogP contribution in [-0.2, 0) is 16.0 Å². The Kier molecular flexibility index (Phi) is 7.41. The van der Waals surface area contributed by atoms with E-state index in [1.54, 1.807) is 9.58 Å². The number of nitrogens with one attached hydrogen (secondary N) is 1. The zero-order chi connectivity index (χ0) is 24.8. The van der Waals surface area contributed by atoms with Crippen molar-refractivity contribution in [2.75, 3.05) is 11.9 Å².